The van der Waals surface area contributed by atoms with Gasteiger partial charge in [0, 0.05) is 12.0 Å². The van der Waals surface area contributed by atoms with Crippen LogP contribution in [0.25, 0.3) is 11.1 Å². The van der Waals surface area contributed by atoms with E-state index in [-0.39, 0.29) is 17.9 Å². The normalized spacial score (nSPS) is 12.8. The van der Waals surface area contributed by atoms with Crippen LogP contribution in [0.2, 0.25) is 0 Å². The van der Waals surface area contributed by atoms with Gasteiger partial charge in [-0.2, -0.15) is 0 Å². The van der Waals surface area contributed by atoms with Gasteiger partial charge in [0.2, 0.25) is 6.29 Å². The first kappa shape index (κ1) is 26.6. The Labute approximate surface area is 196 Å². The summed E-state index contributed by atoms with van der Waals surface area (Å²) < 4.78 is 11.0. The molecule has 33 heavy (non-hydrogen) atoms. The molecule has 6 nitrogen and oxygen atoms in total. The van der Waals surface area contributed by atoms with Crippen LogP contribution >= 0.6 is 0 Å². The van der Waals surface area contributed by atoms with E-state index < -0.39 is 24.8 Å². The van der Waals surface area contributed by atoms with Crippen molar-refractivity contribution in [2.24, 2.45) is 5.92 Å². The van der Waals surface area contributed by atoms with E-state index in [1.54, 1.807) is 19.1 Å². The number of aliphatic hydroxyl groups excluding tert-OH is 3. The number of ether oxygens (including phenoxy) is 2. The van der Waals surface area contributed by atoms with E-state index in [1.165, 1.54) is 24.5 Å². The van der Waals surface area contributed by atoms with Crippen LogP contribution in [-0.2, 0) is 17.6 Å². The van der Waals surface area contributed by atoms with Crippen molar-refractivity contribution < 1.29 is 29.6 Å². The number of esters is 1. The fourth-order valence-electron chi connectivity index (χ4n) is 3.40. The van der Waals surface area contributed by atoms with Crippen LogP contribution in [0, 0.1) is 5.92 Å². The van der Waals surface area contributed by atoms with Crippen LogP contribution in [0.1, 0.15) is 51.2 Å². The summed E-state index contributed by atoms with van der Waals surface area (Å²) in [5.74, 6) is -0.735. The van der Waals surface area contributed by atoms with Crippen molar-refractivity contribution in [3.8, 4) is 22.6 Å². The minimum atomic E-state index is -1.23. The molecule has 2 unspecified atom stereocenters. The van der Waals surface area contributed by atoms with Crippen molar-refractivity contribution in [3.63, 3.8) is 0 Å². The monoisotopic (exact) mass is 456 g/mol. The van der Waals surface area contributed by atoms with Gasteiger partial charge in [-0.3, -0.25) is 0 Å². The number of hydrogen-bond donors (Lipinski definition) is 3. The minimum Gasteiger partial charge on any atom is -0.465 e. The predicted molar refractivity (Wildman–Crippen MR) is 129 cm³/mol. The van der Waals surface area contributed by atoms with Gasteiger partial charge < -0.3 is 24.8 Å². The number of rotatable bonds is 13. The van der Waals surface area contributed by atoms with E-state index in [4.69, 9.17) is 14.6 Å². The Balaban J connectivity index is 2.45. The van der Waals surface area contributed by atoms with Gasteiger partial charge in [-0.05, 0) is 53.6 Å². The van der Waals surface area contributed by atoms with Crippen molar-refractivity contribution in [2.45, 2.75) is 59.2 Å². The second-order valence-electron chi connectivity index (χ2n) is 8.31. The molecule has 2 aromatic rings. The van der Waals surface area contributed by atoms with Gasteiger partial charge in [0.1, 0.15) is 11.5 Å². The Bertz CT molecular complexity index is 936. The second-order valence-corrected chi connectivity index (χ2v) is 8.31. The number of carbonyl (C=O) groups excluding carboxylic acids is 1. The topological polar surface area (TPSA) is 96.2 Å². The molecule has 2 rings (SSSR count). The maximum atomic E-state index is 12.2. The highest BCUT2D eigenvalue weighted by atomic mass is 16.6. The summed E-state index contributed by atoms with van der Waals surface area (Å²) in [4.78, 5) is 12.2. The Hall–Kier alpha value is -2.67. The Morgan fingerprint density at radius 3 is 2.42 bits per heavy atom. The molecule has 0 saturated heterocycles. The molecule has 0 heterocycles. The highest BCUT2D eigenvalue weighted by molar-refractivity contribution is 5.90. The molecule has 180 valence electrons. The molecule has 0 radical (unpaired) electrons. The van der Waals surface area contributed by atoms with Crippen LogP contribution in [-0.4, -0.2) is 40.8 Å². The molecule has 0 fully saturated rings. The van der Waals surface area contributed by atoms with Crippen molar-refractivity contribution in [2.75, 3.05) is 13.2 Å². The summed E-state index contributed by atoms with van der Waals surface area (Å²) in [6.07, 6.45) is 4.15. The molecule has 0 aromatic heterocycles. The third-order valence-electron chi connectivity index (χ3n) is 5.53. The van der Waals surface area contributed by atoms with Crippen LogP contribution < -0.4 is 9.47 Å². The van der Waals surface area contributed by atoms with E-state index in [0.717, 1.165) is 36.0 Å². The molecule has 0 aliphatic carbocycles. The molecule has 0 spiro atoms. The molecule has 0 amide bonds. The van der Waals surface area contributed by atoms with Crippen LogP contribution in [0.4, 0.5) is 0 Å². The lowest BCUT2D eigenvalue weighted by Gasteiger charge is -2.20. The molecule has 0 bridgehead atoms. The zero-order valence-electron chi connectivity index (χ0n) is 19.8. The molecule has 0 saturated carbocycles. The van der Waals surface area contributed by atoms with Crippen molar-refractivity contribution >= 4 is 5.97 Å². The van der Waals surface area contributed by atoms with Gasteiger partial charge in [0.25, 0.3) is 0 Å². The molecule has 6 heteroatoms. The number of carbonyl (C=O) groups is 1. The third kappa shape index (κ3) is 7.70. The zero-order valence-corrected chi connectivity index (χ0v) is 19.8. The Kier molecular flexibility index (Phi) is 10.6. The number of aryl methyl sites for hydroxylation is 2. The van der Waals surface area contributed by atoms with Gasteiger partial charge in [0.05, 0.1) is 18.8 Å². The summed E-state index contributed by atoms with van der Waals surface area (Å²) in [5, 5.41) is 28.7. The van der Waals surface area contributed by atoms with Crippen molar-refractivity contribution in [3.05, 3.63) is 59.7 Å². The highest BCUT2D eigenvalue weighted by Gasteiger charge is 2.18. The highest BCUT2D eigenvalue weighted by Crippen LogP contribution is 2.34. The predicted octanol–water partition coefficient (Wildman–Crippen LogP) is 4.43. The van der Waals surface area contributed by atoms with Gasteiger partial charge in [0.15, 0.2) is 0 Å². The number of hydrogen-bond acceptors (Lipinski definition) is 6. The second kappa shape index (κ2) is 13.1. The summed E-state index contributed by atoms with van der Waals surface area (Å²) in [5.41, 5.74) is 4.12. The molecule has 3 N–H and O–H groups in total. The fourth-order valence-corrected chi connectivity index (χ4v) is 3.40. The third-order valence-corrected chi connectivity index (χ3v) is 5.53. The smallest absolute Gasteiger partial charge is 0.341 e. The first-order chi connectivity index (χ1) is 15.8. The summed E-state index contributed by atoms with van der Waals surface area (Å²) in [7, 11) is 0. The first-order valence-electron chi connectivity index (χ1n) is 11.6. The molecular formula is C27H36O6. The summed E-state index contributed by atoms with van der Waals surface area (Å²) >= 11 is 0. The quantitative estimate of drug-likeness (QED) is 0.136. The fraction of sp³-hybridized carbons (Fsp3) is 0.444. The van der Waals surface area contributed by atoms with Gasteiger partial charge in [-0.25, -0.2) is 4.79 Å². The standard InChI is InChI=1S/C27H36O6/c1-5-7-8-9-20-10-11-25(21(6-2)12-20)22-13-23(32-26(30)18(3)16-28)15-24(14-22)33-27(31)19(4)17-29/h10-15,19,27-29,31H,3,5-9,16-17H2,1-2,4H3. The van der Waals surface area contributed by atoms with Gasteiger partial charge >= 0.3 is 5.97 Å². The SMILES string of the molecule is C=C(CO)C(=O)Oc1cc(OC(O)C(C)CO)cc(-c2ccc(CCCCC)cc2CC)c1. The average Bonchev–Trinajstić information content (AvgIpc) is 2.82. The van der Waals surface area contributed by atoms with Crippen LogP contribution in [0.15, 0.2) is 48.6 Å². The van der Waals surface area contributed by atoms with E-state index >= 15 is 0 Å². The van der Waals surface area contributed by atoms with Crippen molar-refractivity contribution in [1.29, 1.82) is 0 Å². The van der Waals surface area contributed by atoms with Gasteiger partial charge in [-0.1, -0.05) is 58.4 Å². The van der Waals surface area contributed by atoms with Crippen LogP contribution in [0.5, 0.6) is 11.5 Å². The van der Waals surface area contributed by atoms with E-state index in [0.29, 0.717) is 5.75 Å². The maximum absolute atomic E-state index is 12.2. The molecule has 2 aromatic carbocycles. The molecule has 0 aliphatic rings. The Morgan fingerprint density at radius 1 is 1.06 bits per heavy atom. The minimum absolute atomic E-state index is 0.0671. The number of unbranched alkanes of at least 4 members (excludes halogenated alkanes) is 2. The van der Waals surface area contributed by atoms with Crippen LogP contribution in [0.3, 0.4) is 0 Å². The van der Waals surface area contributed by atoms with E-state index in [1.807, 2.05) is 0 Å². The zero-order chi connectivity index (χ0) is 24.4. The molecule has 0 aliphatic heterocycles. The molecule has 2 atom stereocenters. The lowest BCUT2D eigenvalue weighted by atomic mass is 9.94. The Morgan fingerprint density at radius 2 is 1.79 bits per heavy atom. The first-order valence-corrected chi connectivity index (χ1v) is 11.6. The van der Waals surface area contributed by atoms with E-state index in [9.17, 15) is 15.0 Å². The summed E-state index contributed by atoms with van der Waals surface area (Å²) in [6.45, 7) is 8.70. The van der Waals surface area contributed by atoms with E-state index in [2.05, 4.69) is 38.6 Å². The molecular weight excluding hydrogens is 420 g/mol. The lowest BCUT2D eigenvalue weighted by molar-refractivity contribution is -0.130. The van der Waals surface area contributed by atoms with Crippen molar-refractivity contribution in [1.82, 2.24) is 0 Å². The van der Waals surface area contributed by atoms with Gasteiger partial charge in [-0.15, -0.1) is 0 Å². The largest absolute Gasteiger partial charge is 0.465 e. The number of aliphatic hydroxyl groups is 3. The number of benzene rings is 2. The average molecular weight is 457 g/mol. The summed E-state index contributed by atoms with van der Waals surface area (Å²) in [6, 6.07) is 11.4. The maximum Gasteiger partial charge on any atom is 0.341 e. The lowest BCUT2D eigenvalue weighted by Crippen LogP contribution is -2.27.